The van der Waals surface area contributed by atoms with Crippen LogP contribution in [0.15, 0.2) is 54.6 Å². The lowest BCUT2D eigenvalue weighted by Gasteiger charge is -2.13. The highest BCUT2D eigenvalue weighted by molar-refractivity contribution is 5.82. The van der Waals surface area contributed by atoms with E-state index in [9.17, 15) is 9.59 Å². The first-order valence-corrected chi connectivity index (χ1v) is 7.30. The van der Waals surface area contributed by atoms with E-state index < -0.39 is 12.0 Å². The van der Waals surface area contributed by atoms with Crippen LogP contribution in [0, 0.1) is 0 Å². The topological polar surface area (TPSA) is 75.6 Å². The van der Waals surface area contributed by atoms with Gasteiger partial charge < -0.3 is 15.2 Å². The van der Waals surface area contributed by atoms with Crippen LogP contribution in [0.3, 0.4) is 0 Å². The molecule has 2 aromatic carbocycles. The Morgan fingerprint density at radius 2 is 1.70 bits per heavy atom. The van der Waals surface area contributed by atoms with Gasteiger partial charge in [-0.1, -0.05) is 42.5 Å². The zero-order chi connectivity index (χ0) is 16.7. The first-order chi connectivity index (χ1) is 11.0. The SMILES string of the molecule is CC(=O)N[C@@H](Cc1ccc(OCc2ccccc2)cc1)C(=O)O. The molecule has 2 rings (SSSR count). The number of benzene rings is 2. The minimum Gasteiger partial charge on any atom is -0.489 e. The molecule has 5 nitrogen and oxygen atoms in total. The van der Waals surface area contributed by atoms with Gasteiger partial charge in [-0.25, -0.2) is 4.79 Å². The number of hydrogen-bond donors (Lipinski definition) is 2. The number of hydrogen-bond acceptors (Lipinski definition) is 3. The predicted octanol–water partition coefficient (Wildman–Crippen LogP) is 2.40. The average molecular weight is 313 g/mol. The number of nitrogens with one attached hydrogen (secondary N) is 1. The molecule has 0 spiro atoms. The third kappa shape index (κ3) is 5.47. The highest BCUT2D eigenvalue weighted by Gasteiger charge is 2.18. The molecule has 0 radical (unpaired) electrons. The zero-order valence-electron chi connectivity index (χ0n) is 12.9. The van der Waals surface area contributed by atoms with Gasteiger partial charge in [0.1, 0.15) is 18.4 Å². The molecule has 0 saturated carbocycles. The van der Waals surface area contributed by atoms with Crippen LogP contribution in [0.4, 0.5) is 0 Å². The number of aliphatic carboxylic acids is 1. The van der Waals surface area contributed by atoms with E-state index in [1.807, 2.05) is 30.3 Å². The van der Waals surface area contributed by atoms with Crippen LogP contribution in [-0.4, -0.2) is 23.0 Å². The van der Waals surface area contributed by atoms with E-state index in [0.717, 1.165) is 11.1 Å². The van der Waals surface area contributed by atoms with Gasteiger partial charge in [0.2, 0.25) is 5.91 Å². The molecule has 5 heteroatoms. The molecular weight excluding hydrogens is 294 g/mol. The number of carbonyl (C=O) groups is 2. The lowest BCUT2D eigenvalue weighted by molar-refractivity contribution is -0.141. The Labute approximate surface area is 134 Å². The Morgan fingerprint density at radius 1 is 1.04 bits per heavy atom. The largest absolute Gasteiger partial charge is 0.489 e. The summed E-state index contributed by atoms with van der Waals surface area (Å²) in [5.74, 6) is -0.700. The maximum atomic E-state index is 11.1. The van der Waals surface area contributed by atoms with E-state index in [0.29, 0.717) is 12.4 Å². The second kappa shape index (κ2) is 7.98. The van der Waals surface area contributed by atoms with E-state index in [2.05, 4.69) is 5.32 Å². The van der Waals surface area contributed by atoms with Crippen molar-refractivity contribution in [3.63, 3.8) is 0 Å². The fraction of sp³-hybridized carbons (Fsp3) is 0.222. The van der Waals surface area contributed by atoms with Gasteiger partial charge in [0, 0.05) is 13.3 Å². The van der Waals surface area contributed by atoms with Crippen molar-refractivity contribution < 1.29 is 19.4 Å². The fourth-order valence-electron chi connectivity index (χ4n) is 2.14. The number of rotatable bonds is 7. The molecule has 0 fully saturated rings. The number of carbonyl (C=O) groups excluding carboxylic acids is 1. The Morgan fingerprint density at radius 3 is 2.26 bits per heavy atom. The quantitative estimate of drug-likeness (QED) is 0.823. The summed E-state index contributed by atoms with van der Waals surface area (Å²) in [5.41, 5.74) is 1.89. The van der Waals surface area contributed by atoms with Crippen LogP contribution in [0.2, 0.25) is 0 Å². The maximum absolute atomic E-state index is 11.1. The first-order valence-electron chi connectivity index (χ1n) is 7.30. The van der Waals surface area contributed by atoms with Crippen molar-refractivity contribution >= 4 is 11.9 Å². The predicted molar refractivity (Wildman–Crippen MR) is 86.2 cm³/mol. The molecular formula is C18H19NO4. The summed E-state index contributed by atoms with van der Waals surface area (Å²) in [6.07, 6.45) is 0.230. The summed E-state index contributed by atoms with van der Waals surface area (Å²) >= 11 is 0. The van der Waals surface area contributed by atoms with Crippen molar-refractivity contribution in [2.24, 2.45) is 0 Å². The number of ether oxygens (including phenoxy) is 1. The molecule has 0 saturated heterocycles. The minimum absolute atomic E-state index is 0.230. The van der Waals surface area contributed by atoms with Crippen molar-refractivity contribution in [1.82, 2.24) is 5.32 Å². The van der Waals surface area contributed by atoms with Crippen molar-refractivity contribution in [3.05, 3.63) is 65.7 Å². The van der Waals surface area contributed by atoms with E-state index >= 15 is 0 Å². The summed E-state index contributed by atoms with van der Waals surface area (Å²) in [6, 6.07) is 16.1. The molecule has 2 aromatic rings. The Hall–Kier alpha value is -2.82. The van der Waals surface area contributed by atoms with Crippen molar-refractivity contribution in [2.75, 3.05) is 0 Å². The maximum Gasteiger partial charge on any atom is 0.326 e. The molecule has 0 aliphatic heterocycles. The zero-order valence-corrected chi connectivity index (χ0v) is 12.9. The molecule has 0 aromatic heterocycles. The van der Waals surface area contributed by atoms with Gasteiger partial charge in [-0.3, -0.25) is 4.79 Å². The van der Waals surface area contributed by atoms with E-state index in [-0.39, 0.29) is 12.3 Å². The lowest BCUT2D eigenvalue weighted by Crippen LogP contribution is -2.41. The van der Waals surface area contributed by atoms with Crippen LogP contribution in [-0.2, 0) is 22.6 Å². The average Bonchev–Trinajstić information content (AvgIpc) is 2.54. The van der Waals surface area contributed by atoms with Gasteiger partial charge in [0.25, 0.3) is 0 Å². The Balaban J connectivity index is 1.93. The van der Waals surface area contributed by atoms with Gasteiger partial charge in [-0.05, 0) is 23.3 Å². The van der Waals surface area contributed by atoms with Gasteiger partial charge in [-0.15, -0.1) is 0 Å². The minimum atomic E-state index is -1.05. The highest BCUT2D eigenvalue weighted by atomic mass is 16.5. The molecule has 0 heterocycles. The molecule has 120 valence electrons. The first kappa shape index (κ1) is 16.5. The van der Waals surface area contributed by atoms with E-state index in [1.54, 1.807) is 24.3 Å². The summed E-state index contributed by atoms with van der Waals surface area (Å²) in [7, 11) is 0. The van der Waals surface area contributed by atoms with Crippen LogP contribution in [0.1, 0.15) is 18.1 Å². The van der Waals surface area contributed by atoms with Gasteiger partial charge in [0.15, 0.2) is 0 Å². The summed E-state index contributed by atoms with van der Waals surface area (Å²) in [6.45, 7) is 1.78. The third-order valence-electron chi connectivity index (χ3n) is 3.29. The molecule has 23 heavy (non-hydrogen) atoms. The molecule has 2 N–H and O–H groups in total. The lowest BCUT2D eigenvalue weighted by atomic mass is 10.1. The van der Waals surface area contributed by atoms with E-state index in [4.69, 9.17) is 9.84 Å². The van der Waals surface area contributed by atoms with Crippen LogP contribution < -0.4 is 10.1 Å². The second-order valence-corrected chi connectivity index (χ2v) is 5.21. The van der Waals surface area contributed by atoms with Crippen molar-refractivity contribution in [2.45, 2.75) is 26.0 Å². The van der Waals surface area contributed by atoms with Crippen molar-refractivity contribution in [1.29, 1.82) is 0 Å². The van der Waals surface area contributed by atoms with Crippen LogP contribution >= 0.6 is 0 Å². The van der Waals surface area contributed by atoms with Crippen molar-refractivity contribution in [3.8, 4) is 5.75 Å². The summed E-state index contributed by atoms with van der Waals surface area (Å²) in [5, 5.41) is 11.5. The molecule has 0 bridgehead atoms. The number of carboxylic acids is 1. The standard InChI is InChI=1S/C18H19NO4/c1-13(20)19-17(18(21)22)11-14-7-9-16(10-8-14)23-12-15-5-3-2-4-6-15/h2-10,17H,11-12H2,1H3,(H,19,20)(H,21,22)/t17-/m0/s1. The van der Waals surface area contributed by atoms with Gasteiger partial charge in [0.05, 0.1) is 0 Å². The molecule has 0 unspecified atom stereocenters. The molecule has 1 atom stereocenters. The Bertz CT molecular complexity index is 652. The fourth-order valence-corrected chi connectivity index (χ4v) is 2.14. The molecule has 0 aliphatic rings. The normalized spacial score (nSPS) is 11.5. The van der Waals surface area contributed by atoms with Crippen LogP contribution in [0.5, 0.6) is 5.75 Å². The summed E-state index contributed by atoms with van der Waals surface area (Å²) in [4.78, 5) is 22.2. The number of carboxylic acid groups (broad SMARTS) is 1. The number of amides is 1. The summed E-state index contributed by atoms with van der Waals surface area (Å²) < 4.78 is 5.68. The second-order valence-electron chi connectivity index (χ2n) is 5.21. The molecule has 0 aliphatic carbocycles. The molecule has 1 amide bonds. The Kier molecular flexibility index (Phi) is 5.74. The third-order valence-corrected chi connectivity index (χ3v) is 3.29. The van der Waals surface area contributed by atoms with E-state index in [1.165, 1.54) is 6.92 Å². The smallest absolute Gasteiger partial charge is 0.326 e. The monoisotopic (exact) mass is 313 g/mol. The van der Waals surface area contributed by atoms with Crippen LogP contribution in [0.25, 0.3) is 0 Å². The highest BCUT2D eigenvalue weighted by Crippen LogP contribution is 2.15. The van der Waals surface area contributed by atoms with Gasteiger partial charge in [-0.2, -0.15) is 0 Å². The van der Waals surface area contributed by atoms with Gasteiger partial charge >= 0.3 is 5.97 Å².